The fourth-order valence-electron chi connectivity index (χ4n) is 2.87. The summed E-state index contributed by atoms with van der Waals surface area (Å²) in [6.07, 6.45) is 1.84. The molecule has 162 valence electrons. The molecule has 2 aromatic carbocycles. The second kappa shape index (κ2) is 11.6. The van der Waals surface area contributed by atoms with E-state index in [1.165, 1.54) is 28.7 Å². The molecular formula is C23H26N4O2S2. The Morgan fingerprint density at radius 1 is 1.06 bits per heavy atom. The number of carbonyl (C=O) groups is 2. The number of thioether (sulfide) groups is 1. The third-order valence-corrected chi connectivity index (χ3v) is 6.59. The SMILES string of the molecule is Cc1ccc(NC(=O)c2nnc(CSCC(=O)NC(C)CCc3ccccc3)s2)cc1. The van der Waals surface area contributed by atoms with Gasteiger partial charge in [-0.15, -0.1) is 22.0 Å². The van der Waals surface area contributed by atoms with Crippen molar-refractivity contribution >= 4 is 40.6 Å². The molecule has 1 aromatic heterocycles. The van der Waals surface area contributed by atoms with E-state index in [1.54, 1.807) is 0 Å². The summed E-state index contributed by atoms with van der Waals surface area (Å²) in [5.41, 5.74) is 3.12. The molecule has 0 aliphatic carbocycles. The minimum Gasteiger partial charge on any atom is -0.353 e. The number of rotatable bonds is 10. The van der Waals surface area contributed by atoms with Gasteiger partial charge in [0.05, 0.1) is 5.75 Å². The number of carbonyl (C=O) groups excluding carboxylic acids is 2. The van der Waals surface area contributed by atoms with Crippen LogP contribution in [0.4, 0.5) is 5.69 Å². The lowest BCUT2D eigenvalue weighted by Crippen LogP contribution is -2.34. The number of nitrogens with one attached hydrogen (secondary N) is 2. The molecule has 0 aliphatic heterocycles. The minimum atomic E-state index is -0.275. The van der Waals surface area contributed by atoms with Crippen LogP contribution in [0.1, 0.15) is 39.3 Å². The average molecular weight is 455 g/mol. The lowest BCUT2D eigenvalue weighted by Gasteiger charge is -2.13. The highest BCUT2D eigenvalue weighted by Gasteiger charge is 2.14. The van der Waals surface area contributed by atoms with Crippen molar-refractivity contribution in [1.82, 2.24) is 15.5 Å². The van der Waals surface area contributed by atoms with Gasteiger partial charge in [-0.3, -0.25) is 9.59 Å². The van der Waals surface area contributed by atoms with Crippen LogP contribution >= 0.6 is 23.1 Å². The number of hydrogen-bond donors (Lipinski definition) is 2. The highest BCUT2D eigenvalue weighted by atomic mass is 32.2. The van der Waals surface area contributed by atoms with Gasteiger partial charge in [0, 0.05) is 17.5 Å². The summed E-state index contributed by atoms with van der Waals surface area (Å²) in [6.45, 7) is 4.02. The first-order valence-electron chi connectivity index (χ1n) is 10.1. The number of aryl methyl sites for hydroxylation is 2. The number of nitrogens with zero attached hydrogens (tertiary/aromatic N) is 2. The molecule has 0 saturated heterocycles. The maximum absolute atomic E-state index is 12.3. The van der Waals surface area contributed by atoms with Crippen molar-refractivity contribution in [3.63, 3.8) is 0 Å². The van der Waals surface area contributed by atoms with Gasteiger partial charge in [0.15, 0.2) is 0 Å². The van der Waals surface area contributed by atoms with Gasteiger partial charge in [0.2, 0.25) is 10.9 Å². The van der Waals surface area contributed by atoms with Gasteiger partial charge in [-0.2, -0.15) is 0 Å². The van der Waals surface area contributed by atoms with E-state index in [0.29, 0.717) is 16.5 Å². The fourth-order valence-corrected chi connectivity index (χ4v) is 4.49. The van der Waals surface area contributed by atoms with Gasteiger partial charge in [0.1, 0.15) is 5.01 Å². The van der Waals surface area contributed by atoms with Gasteiger partial charge in [-0.05, 0) is 44.4 Å². The third-order valence-electron chi connectivity index (χ3n) is 4.55. The Kier molecular flexibility index (Phi) is 8.61. The molecule has 0 spiro atoms. The molecule has 0 fully saturated rings. The molecule has 8 heteroatoms. The molecule has 6 nitrogen and oxygen atoms in total. The standard InChI is InChI=1S/C23H26N4O2S2/c1-16-8-12-19(13-9-16)25-22(29)23-27-26-21(31-23)15-30-14-20(28)24-17(2)10-11-18-6-4-3-5-7-18/h3-9,12-13,17H,10-11,14-15H2,1-2H3,(H,24,28)(H,25,29). The van der Waals surface area contributed by atoms with Crippen LogP contribution in [0.3, 0.4) is 0 Å². The average Bonchev–Trinajstić information content (AvgIpc) is 3.24. The van der Waals surface area contributed by atoms with Crippen molar-refractivity contribution < 1.29 is 9.59 Å². The highest BCUT2D eigenvalue weighted by Crippen LogP contribution is 2.18. The van der Waals surface area contributed by atoms with Gasteiger partial charge in [0.25, 0.3) is 5.91 Å². The lowest BCUT2D eigenvalue weighted by atomic mass is 10.1. The van der Waals surface area contributed by atoms with Crippen molar-refractivity contribution in [2.45, 2.75) is 38.5 Å². The maximum atomic E-state index is 12.3. The van der Waals surface area contributed by atoms with Crippen molar-refractivity contribution in [3.8, 4) is 0 Å². The summed E-state index contributed by atoms with van der Waals surface area (Å²) >= 11 is 2.71. The van der Waals surface area contributed by atoms with Crippen LogP contribution in [0.25, 0.3) is 0 Å². The van der Waals surface area contributed by atoms with E-state index in [-0.39, 0.29) is 17.9 Å². The fraction of sp³-hybridized carbons (Fsp3) is 0.304. The van der Waals surface area contributed by atoms with Crippen molar-refractivity contribution in [3.05, 3.63) is 75.7 Å². The summed E-state index contributed by atoms with van der Waals surface area (Å²) in [5, 5.41) is 14.9. The zero-order chi connectivity index (χ0) is 22.1. The van der Waals surface area contributed by atoms with Crippen molar-refractivity contribution in [1.29, 1.82) is 0 Å². The zero-order valence-electron chi connectivity index (χ0n) is 17.6. The predicted octanol–water partition coefficient (Wildman–Crippen LogP) is 4.47. The molecule has 3 rings (SSSR count). The molecule has 0 bridgehead atoms. The Labute approximate surface area is 190 Å². The van der Waals surface area contributed by atoms with Crippen LogP contribution in [-0.2, 0) is 17.0 Å². The van der Waals surface area contributed by atoms with Crippen molar-refractivity contribution in [2.75, 3.05) is 11.1 Å². The topological polar surface area (TPSA) is 84.0 Å². The summed E-state index contributed by atoms with van der Waals surface area (Å²) in [6, 6.07) is 17.9. The molecule has 0 radical (unpaired) electrons. The van der Waals surface area contributed by atoms with Gasteiger partial charge >= 0.3 is 0 Å². The van der Waals surface area contributed by atoms with E-state index in [9.17, 15) is 9.59 Å². The Morgan fingerprint density at radius 2 is 1.81 bits per heavy atom. The van der Waals surface area contributed by atoms with Crippen LogP contribution in [0.2, 0.25) is 0 Å². The van der Waals surface area contributed by atoms with Crippen molar-refractivity contribution in [2.24, 2.45) is 0 Å². The van der Waals surface area contributed by atoms with Gasteiger partial charge in [-0.25, -0.2) is 0 Å². The van der Waals surface area contributed by atoms with E-state index >= 15 is 0 Å². The number of hydrogen-bond acceptors (Lipinski definition) is 6. The number of amides is 2. The Balaban J connectivity index is 1.36. The van der Waals surface area contributed by atoms with E-state index in [4.69, 9.17) is 0 Å². The second-order valence-electron chi connectivity index (χ2n) is 7.31. The quantitative estimate of drug-likeness (QED) is 0.472. The molecular weight excluding hydrogens is 428 g/mol. The summed E-state index contributed by atoms with van der Waals surface area (Å²) in [4.78, 5) is 24.5. The smallest absolute Gasteiger partial charge is 0.286 e. The molecule has 2 N–H and O–H groups in total. The van der Waals surface area contributed by atoms with E-state index < -0.39 is 0 Å². The van der Waals surface area contributed by atoms with Crippen LogP contribution in [0, 0.1) is 6.92 Å². The van der Waals surface area contributed by atoms with Crippen LogP contribution in [-0.4, -0.2) is 33.8 Å². The normalized spacial score (nSPS) is 11.7. The first-order valence-corrected chi connectivity index (χ1v) is 12.1. The highest BCUT2D eigenvalue weighted by molar-refractivity contribution is 7.99. The molecule has 0 aliphatic rings. The van der Waals surface area contributed by atoms with Crippen LogP contribution < -0.4 is 10.6 Å². The molecule has 1 atom stereocenters. The Bertz CT molecular complexity index is 990. The summed E-state index contributed by atoms with van der Waals surface area (Å²) < 4.78 is 0. The first kappa shape index (κ1) is 23.0. The van der Waals surface area contributed by atoms with Crippen LogP contribution in [0.5, 0.6) is 0 Å². The molecule has 3 aromatic rings. The third kappa shape index (κ3) is 7.80. The van der Waals surface area contributed by atoms with Gasteiger partial charge < -0.3 is 10.6 Å². The lowest BCUT2D eigenvalue weighted by molar-refractivity contribution is -0.119. The Hall–Kier alpha value is -2.71. The van der Waals surface area contributed by atoms with Gasteiger partial charge in [-0.1, -0.05) is 59.4 Å². The molecule has 2 amide bonds. The summed E-state index contributed by atoms with van der Waals surface area (Å²) in [7, 11) is 0. The molecule has 1 unspecified atom stereocenters. The van der Waals surface area contributed by atoms with E-state index in [0.717, 1.165) is 29.1 Å². The molecule has 31 heavy (non-hydrogen) atoms. The minimum absolute atomic E-state index is 0.00687. The summed E-state index contributed by atoms with van der Waals surface area (Å²) in [5.74, 6) is 0.622. The molecule has 0 saturated carbocycles. The maximum Gasteiger partial charge on any atom is 0.286 e. The van der Waals surface area contributed by atoms with E-state index in [1.807, 2.05) is 56.3 Å². The monoisotopic (exact) mass is 454 g/mol. The first-order chi connectivity index (χ1) is 15.0. The predicted molar refractivity (Wildman–Crippen MR) is 128 cm³/mol. The zero-order valence-corrected chi connectivity index (χ0v) is 19.3. The second-order valence-corrected chi connectivity index (χ2v) is 9.35. The van der Waals surface area contributed by atoms with Crippen LogP contribution in [0.15, 0.2) is 54.6 Å². The largest absolute Gasteiger partial charge is 0.353 e. The number of benzene rings is 2. The number of anilines is 1. The van der Waals surface area contributed by atoms with E-state index in [2.05, 4.69) is 33.0 Å². The Morgan fingerprint density at radius 3 is 2.55 bits per heavy atom. The molecule has 1 heterocycles. The number of aromatic nitrogens is 2.